The topological polar surface area (TPSA) is 102 Å². The van der Waals surface area contributed by atoms with Gasteiger partial charge in [0.05, 0.1) is 35.0 Å². The van der Waals surface area contributed by atoms with Gasteiger partial charge in [-0.2, -0.15) is 0 Å². The standard InChI is InChI=1S/C26H27N3O5/c1-5-14-33-20-13-12-18(15-21(20)32-6-2)24(23-17(4)28-34-26(23)31)22-16(3)27-29(25(22)30)19-10-8-7-9-11-19/h5,7-13,15,24,27-28H,1,6,14H2,2-4H3. The van der Waals surface area contributed by atoms with E-state index in [4.69, 9.17) is 14.0 Å². The normalized spacial score (nSPS) is 11.9. The molecule has 0 saturated heterocycles. The number of aromatic nitrogens is 3. The maximum absolute atomic E-state index is 13.7. The lowest BCUT2D eigenvalue weighted by atomic mass is 9.85. The molecule has 0 aliphatic rings. The number of ether oxygens (including phenoxy) is 2. The Morgan fingerprint density at radius 2 is 1.79 bits per heavy atom. The second-order valence-corrected chi connectivity index (χ2v) is 7.83. The molecule has 0 aliphatic heterocycles. The fraction of sp³-hybridized carbons (Fsp3) is 0.231. The summed E-state index contributed by atoms with van der Waals surface area (Å²) in [7, 11) is 0. The first-order chi connectivity index (χ1) is 16.5. The molecule has 4 aromatic rings. The minimum absolute atomic E-state index is 0.251. The van der Waals surface area contributed by atoms with Crippen LogP contribution < -0.4 is 20.7 Å². The molecule has 0 saturated carbocycles. The lowest BCUT2D eigenvalue weighted by Crippen LogP contribution is -2.23. The number of hydrogen-bond acceptors (Lipinski definition) is 5. The number of para-hydroxylation sites is 1. The van der Waals surface area contributed by atoms with Crippen molar-refractivity contribution in [1.82, 2.24) is 14.9 Å². The zero-order chi connectivity index (χ0) is 24.2. The van der Waals surface area contributed by atoms with Gasteiger partial charge in [0.15, 0.2) is 11.5 Å². The van der Waals surface area contributed by atoms with Crippen molar-refractivity contribution >= 4 is 0 Å². The van der Waals surface area contributed by atoms with E-state index < -0.39 is 11.5 Å². The van der Waals surface area contributed by atoms with Gasteiger partial charge in [-0.15, -0.1) is 0 Å². The SMILES string of the molecule is C=CCOc1ccc(C(c2c(C)[nH]oc2=O)c2c(C)[nH]n(-c3ccccc3)c2=O)cc1OCC. The number of aryl methyl sites for hydroxylation is 2. The van der Waals surface area contributed by atoms with Crippen LogP contribution in [-0.4, -0.2) is 28.2 Å². The molecule has 2 heterocycles. The van der Waals surface area contributed by atoms with Gasteiger partial charge in [0.25, 0.3) is 5.56 Å². The van der Waals surface area contributed by atoms with E-state index in [0.717, 1.165) is 0 Å². The van der Waals surface area contributed by atoms with E-state index in [1.165, 1.54) is 4.68 Å². The second kappa shape index (κ2) is 9.74. The Morgan fingerprint density at radius 1 is 1.03 bits per heavy atom. The van der Waals surface area contributed by atoms with Crippen LogP contribution in [0.4, 0.5) is 0 Å². The molecule has 0 radical (unpaired) electrons. The number of H-pyrrole nitrogens is 2. The molecule has 2 aromatic carbocycles. The van der Waals surface area contributed by atoms with Gasteiger partial charge in [-0.1, -0.05) is 36.9 Å². The van der Waals surface area contributed by atoms with Crippen LogP contribution in [-0.2, 0) is 0 Å². The third kappa shape index (κ3) is 4.22. The van der Waals surface area contributed by atoms with Crippen molar-refractivity contribution < 1.29 is 14.0 Å². The largest absolute Gasteiger partial charge is 0.490 e. The Bertz CT molecular complexity index is 1410. The van der Waals surface area contributed by atoms with Gasteiger partial charge in [-0.3, -0.25) is 9.89 Å². The van der Waals surface area contributed by atoms with E-state index in [2.05, 4.69) is 16.8 Å². The van der Waals surface area contributed by atoms with Crippen LogP contribution in [0.25, 0.3) is 5.69 Å². The minimum Gasteiger partial charge on any atom is -0.490 e. The molecule has 8 nitrogen and oxygen atoms in total. The quantitative estimate of drug-likeness (QED) is 0.364. The van der Waals surface area contributed by atoms with Crippen LogP contribution in [0.2, 0.25) is 0 Å². The van der Waals surface area contributed by atoms with Gasteiger partial charge in [0, 0.05) is 5.69 Å². The molecular weight excluding hydrogens is 434 g/mol. The predicted molar refractivity (Wildman–Crippen MR) is 129 cm³/mol. The van der Waals surface area contributed by atoms with Gasteiger partial charge >= 0.3 is 5.63 Å². The highest BCUT2D eigenvalue weighted by atomic mass is 16.5. The fourth-order valence-electron chi connectivity index (χ4n) is 4.10. The van der Waals surface area contributed by atoms with Gasteiger partial charge in [-0.05, 0) is 50.6 Å². The molecule has 0 spiro atoms. The Kier molecular flexibility index (Phi) is 6.58. The number of nitrogens with one attached hydrogen (secondary N) is 2. The molecular formula is C26H27N3O5. The summed E-state index contributed by atoms with van der Waals surface area (Å²) < 4.78 is 18.1. The van der Waals surface area contributed by atoms with Crippen LogP contribution in [0.15, 0.2) is 75.3 Å². The summed E-state index contributed by atoms with van der Waals surface area (Å²) in [6, 6.07) is 14.7. The van der Waals surface area contributed by atoms with Crippen molar-refractivity contribution in [3.8, 4) is 17.2 Å². The Morgan fingerprint density at radius 3 is 2.44 bits per heavy atom. The summed E-state index contributed by atoms with van der Waals surface area (Å²) >= 11 is 0. The Labute approximate surface area is 196 Å². The molecule has 1 unspecified atom stereocenters. The van der Waals surface area contributed by atoms with Crippen LogP contribution in [0.5, 0.6) is 11.5 Å². The molecule has 2 aromatic heterocycles. The zero-order valence-electron chi connectivity index (χ0n) is 19.4. The number of nitrogens with zero attached hydrogens (tertiary/aromatic N) is 1. The molecule has 34 heavy (non-hydrogen) atoms. The van der Waals surface area contributed by atoms with Gasteiger partial charge in [0.1, 0.15) is 6.61 Å². The summed E-state index contributed by atoms with van der Waals surface area (Å²) in [4.78, 5) is 26.4. The van der Waals surface area contributed by atoms with Crippen LogP contribution in [0.3, 0.4) is 0 Å². The maximum Gasteiger partial charge on any atom is 0.361 e. The van der Waals surface area contributed by atoms with Gasteiger partial charge in [0.2, 0.25) is 0 Å². The smallest absolute Gasteiger partial charge is 0.361 e. The Balaban J connectivity index is 1.94. The summed E-state index contributed by atoms with van der Waals surface area (Å²) in [6.45, 7) is 9.87. The third-order valence-electron chi connectivity index (χ3n) is 5.59. The lowest BCUT2D eigenvalue weighted by Gasteiger charge is -2.18. The van der Waals surface area contributed by atoms with E-state index in [9.17, 15) is 9.59 Å². The maximum atomic E-state index is 13.7. The van der Waals surface area contributed by atoms with Crippen molar-refractivity contribution in [2.24, 2.45) is 0 Å². The average Bonchev–Trinajstić information content (AvgIpc) is 3.33. The first-order valence-corrected chi connectivity index (χ1v) is 11.0. The molecule has 0 aliphatic carbocycles. The van der Waals surface area contributed by atoms with E-state index >= 15 is 0 Å². The predicted octanol–water partition coefficient (Wildman–Crippen LogP) is 4.21. The van der Waals surface area contributed by atoms with Crippen LogP contribution in [0.1, 0.15) is 40.9 Å². The number of rotatable bonds is 9. The number of aromatic amines is 2. The highest BCUT2D eigenvalue weighted by molar-refractivity contribution is 5.51. The van der Waals surface area contributed by atoms with Crippen molar-refractivity contribution in [2.75, 3.05) is 13.2 Å². The summed E-state index contributed by atoms with van der Waals surface area (Å²) in [5, 5.41) is 5.79. The average molecular weight is 462 g/mol. The molecule has 2 N–H and O–H groups in total. The molecule has 0 amide bonds. The number of benzene rings is 2. The number of hydrogen-bond donors (Lipinski definition) is 2. The van der Waals surface area contributed by atoms with Gasteiger partial charge < -0.3 is 14.0 Å². The van der Waals surface area contributed by atoms with Crippen LogP contribution in [0, 0.1) is 13.8 Å². The van der Waals surface area contributed by atoms with E-state index in [-0.39, 0.29) is 5.56 Å². The second-order valence-electron chi connectivity index (χ2n) is 7.83. The monoisotopic (exact) mass is 461 g/mol. The van der Waals surface area contributed by atoms with E-state index in [1.54, 1.807) is 25.1 Å². The van der Waals surface area contributed by atoms with Crippen LogP contribution >= 0.6 is 0 Å². The van der Waals surface area contributed by atoms with Crippen molar-refractivity contribution in [3.05, 3.63) is 110 Å². The van der Waals surface area contributed by atoms with Crippen molar-refractivity contribution in [1.29, 1.82) is 0 Å². The fourth-order valence-corrected chi connectivity index (χ4v) is 4.10. The summed E-state index contributed by atoms with van der Waals surface area (Å²) in [5.74, 6) is 0.374. The van der Waals surface area contributed by atoms with E-state index in [1.807, 2.05) is 50.2 Å². The molecule has 0 fully saturated rings. The van der Waals surface area contributed by atoms with E-state index in [0.29, 0.717) is 58.5 Å². The minimum atomic E-state index is -0.691. The van der Waals surface area contributed by atoms with Crippen molar-refractivity contribution in [2.45, 2.75) is 26.7 Å². The molecule has 176 valence electrons. The first kappa shape index (κ1) is 23.0. The lowest BCUT2D eigenvalue weighted by molar-refractivity contribution is 0.296. The molecule has 4 rings (SSSR count). The first-order valence-electron chi connectivity index (χ1n) is 11.0. The summed E-state index contributed by atoms with van der Waals surface area (Å²) in [6.07, 6.45) is 1.65. The Hall–Kier alpha value is -4.20. The molecule has 8 heteroatoms. The van der Waals surface area contributed by atoms with Crippen molar-refractivity contribution in [3.63, 3.8) is 0 Å². The highest BCUT2D eigenvalue weighted by Gasteiger charge is 2.31. The third-order valence-corrected chi connectivity index (χ3v) is 5.59. The summed E-state index contributed by atoms with van der Waals surface area (Å²) in [5.41, 5.74) is 2.61. The van der Waals surface area contributed by atoms with Gasteiger partial charge in [-0.25, -0.2) is 14.6 Å². The zero-order valence-corrected chi connectivity index (χ0v) is 19.4. The molecule has 1 atom stereocenters. The highest BCUT2D eigenvalue weighted by Crippen LogP contribution is 2.37. The molecule has 0 bridgehead atoms.